The largest absolute Gasteiger partial charge is 0.490 e. The van der Waals surface area contributed by atoms with Crippen LogP contribution in [0.1, 0.15) is 37.7 Å². The van der Waals surface area contributed by atoms with Gasteiger partial charge < -0.3 is 14.6 Å². The quantitative estimate of drug-likeness (QED) is 0.842. The van der Waals surface area contributed by atoms with E-state index in [-0.39, 0.29) is 5.78 Å². The van der Waals surface area contributed by atoms with Crippen molar-refractivity contribution in [1.29, 1.82) is 0 Å². The fraction of sp³-hybridized carbons (Fsp3) is 0.533. The highest BCUT2D eigenvalue weighted by molar-refractivity contribution is 5.79. The average molecular weight is 262 g/mol. The first-order chi connectivity index (χ1) is 9.17. The number of rotatable bonds is 1. The summed E-state index contributed by atoms with van der Waals surface area (Å²) < 4.78 is 11.2. The molecule has 0 spiro atoms. The summed E-state index contributed by atoms with van der Waals surface area (Å²) in [6.07, 6.45) is 2.75. The smallest absolute Gasteiger partial charge is 0.161 e. The Kier molecular flexibility index (Phi) is 3.19. The van der Waals surface area contributed by atoms with Crippen LogP contribution in [0.5, 0.6) is 11.5 Å². The van der Waals surface area contributed by atoms with Crippen molar-refractivity contribution in [2.45, 2.75) is 37.7 Å². The summed E-state index contributed by atoms with van der Waals surface area (Å²) in [7, 11) is 0. The normalized spacial score (nSPS) is 21.8. The number of benzene rings is 1. The highest BCUT2D eigenvalue weighted by Crippen LogP contribution is 2.40. The van der Waals surface area contributed by atoms with E-state index in [1.165, 1.54) is 0 Å². The number of ketones is 1. The van der Waals surface area contributed by atoms with Crippen LogP contribution < -0.4 is 9.47 Å². The molecule has 1 N–H and O–H groups in total. The van der Waals surface area contributed by atoms with E-state index in [1.807, 2.05) is 18.2 Å². The number of fused-ring (bicyclic) bond motifs is 1. The fourth-order valence-electron chi connectivity index (χ4n) is 2.68. The first-order valence-corrected chi connectivity index (χ1v) is 6.82. The van der Waals surface area contributed by atoms with Crippen molar-refractivity contribution in [2.75, 3.05) is 13.2 Å². The summed E-state index contributed by atoms with van der Waals surface area (Å²) in [6.45, 7) is 1.29. The highest BCUT2D eigenvalue weighted by Gasteiger charge is 2.34. The van der Waals surface area contributed by atoms with E-state index < -0.39 is 5.60 Å². The standard InChI is InChI=1S/C15H18O4/c16-12-4-6-15(17,7-5-12)11-2-3-13-14(10-11)19-9-1-8-18-13/h2-3,10,17H,1,4-9H2. The van der Waals surface area contributed by atoms with Crippen LogP contribution in [0, 0.1) is 0 Å². The minimum Gasteiger partial charge on any atom is -0.490 e. The van der Waals surface area contributed by atoms with Gasteiger partial charge in [-0.2, -0.15) is 0 Å². The lowest BCUT2D eigenvalue weighted by Gasteiger charge is -2.32. The Morgan fingerprint density at radius 2 is 1.74 bits per heavy atom. The molecule has 19 heavy (non-hydrogen) atoms. The fourth-order valence-corrected chi connectivity index (χ4v) is 2.68. The van der Waals surface area contributed by atoms with Crippen molar-refractivity contribution in [3.05, 3.63) is 23.8 Å². The summed E-state index contributed by atoms with van der Waals surface area (Å²) >= 11 is 0. The van der Waals surface area contributed by atoms with E-state index >= 15 is 0 Å². The molecular weight excluding hydrogens is 244 g/mol. The summed E-state index contributed by atoms with van der Waals surface area (Å²) in [5.41, 5.74) is -0.0808. The molecule has 1 aromatic carbocycles. The first kappa shape index (κ1) is 12.5. The van der Waals surface area contributed by atoms with Gasteiger partial charge in [0.25, 0.3) is 0 Å². The third-order valence-electron chi connectivity index (χ3n) is 3.92. The van der Waals surface area contributed by atoms with Crippen molar-refractivity contribution in [1.82, 2.24) is 0 Å². The van der Waals surface area contributed by atoms with Gasteiger partial charge in [-0.1, -0.05) is 6.07 Å². The van der Waals surface area contributed by atoms with Crippen LogP contribution in [0.15, 0.2) is 18.2 Å². The van der Waals surface area contributed by atoms with Crippen LogP contribution in [0.4, 0.5) is 0 Å². The van der Waals surface area contributed by atoms with Gasteiger partial charge in [0.05, 0.1) is 18.8 Å². The first-order valence-electron chi connectivity index (χ1n) is 6.82. The summed E-state index contributed by atoms with van der Waals surface area (Å²) in [5, 5.41) is 10.7. The third kappa shape index (κ3) is 2.45. The Morgan fingerprint density at radius 1 is 1.05 bits per heavy atom. The topological polar surface area (TPSA) is 55.8 Å². The van der Waals surface area contributed by atoms with Crippen LogP contribution in [-0.4, -0.2) is 24.1 Å². The van der Waals surface area contributed by atoms with Crippen molar-refractivity contribution in [3.8, 4) is 11.5 Å². The number of ether oxygens (including phenoxy) is 2. The van der Waals surface area contributed by atoms with E-state index in [1.54, 1.807) is 0 Å². The van der Waals surface area contributed by atoms with Gasteiger partial charge in [0.2, 0.25) is 0 Å². The maximum absolute atomic E-state index is 11.3. The summed E-state index contributed by atoms with van der Waals surface area (Å²) in [5.74, 6) is 1.66. The molecule has 1 aliphatic heterocycles. The maximum atomic E-state index is 11.3. The molecule has 3 rings (SSSR count). The monoisotopic (exact) mass is 262 g/mol. The van der Waals surface area contributed by atoms with Crippen molar-refractivity contribution in [3.63, 3.8) is 0 Å². The molecule has 4 heteroatoms. The lowest BCUT2D eigenvalue weighted by molar-refractivity contribution is -0.125. The van der Waals surface area contributed by atoms with Crippen molar-refractivity contribution >= 4 is 5.78 Å². The lowest BCUT2D eigenvalue weighted by Crippen LogP contribution is -2.31. The molecule has 0 saturated heterocycles. The zero-order chi connectivity index (χ0) is 13.3. The zero-order valence-corrected chi connectivity index (χ0v) is 10.9. The Labute approximate surface area is 112 Å². The second-order valence-corrected chi connectivity index (χ2v) is 5.28. The molecule has 1 fully saturated rings. The molecule has 0 aromatic heterocycles. The second kappa shape index (κ2) is 4.85. The van der Waals surface area contributed by atoms with Gasteiger partial charge in [-0.25, -0.2) is 0 Å². The number of Topliss-reactive ketones (excluding diaryl/α,β-unsaturated/α-hetero) is 1. The Balaban J connectivity index is 1.89. The summed E-state index contributed by atoms with van der Waals surface area (Å²) in [4.78, 5) is 11.3. The van der Waals surface area contributed by atoms with Crippen molar-refractivity contribution in [2.24, 2.45) is 0 Å². The second-order valence-electron chi connectivity index (χ2n) is 5.28. The molecule has 1 heterocycles. The van der Waals surface area contributed by atoms with Crippen LogP contribution in [0.3, 0.4) is 0 Å². The Hall–Kier alpha value is -1.55. The van der Waals surface area contributed by atoms with Gasteiger partial charge in [0.15, 0.2) is 11.5 Å². The molecule has 0 amide bonds. The molecule has 2 aliphatic rings. The molecule has 1 aliphatic carbocycles. The summed E-state index contributed by atoms with van der Waals surface area (Å²) in [6, 6.07) is 5.59. The molecule has 1 aromatic rings. The predicted molar refractivity (Wildman–Crippen MR) is 69.4 cm³/mol. The van der Waals surface area contributed by atoms with E-state index in [4.69, 9.17) is 9.47 Å². The number of carbonyl (C=O) groups excluding carboxylic acids is 1. The molecule has 0 bridgehead atoms. The van der Waals surface area contributed by atoms with Gasteiger partial charge in [-0.3, -0.25) is 4.79 Å². The molecular formula is C15H18O4. The van der Waals surface area contributed by atoms with E-state index in [0.717, 1.165) is 17.7 Å². The van der Waals surface area contributed by atoms with Crippen LogP contribution in [0.2, 0.25) is 0 Å². The molecule has 0 unspecified atom stereocenters. The van der Waals surface area contributed by atoms with Gasteiger partial charge in [-0.15, -0.1) is 0 Å². The minimum absolute atomic E-state index is 0.235. The van der Waals surface area contributed by atoms with Gasteiger partial charge in [0.1, 0.15) is 5.78 Å². The Bertz CT molecular complexity index is 485. The number of hydrogen-bond donors (Lipinski definition) is 1. The molecule has 102 valence electrons. The predicted octanol–water partition coefficient (Wildman–Crippen LogP) is 2.18. The molecule has 4 nitrogen and oxygen atoms in total. The van der Waals surface area contributed by atoms with Crippen LogP contribution in [0.25, 0.3) is 0 Å². The van der Waals surface area contributed by atoms with Gasteiger partial charge in [0, 0.05) is 19.3 Å². The van der Waals surface area contributed by atoms with E-state index in [9.17, 15) is 9.90 Å². The third-order valence-corrected chi connectivity index (χ3v) is 3.92. The minimum atomic E-state index is -0.904. The average Bonchev–Trinajstić information content (AvgIpc) is 2.66. The van der Waals surface area contributed by atoms with Gasteiger partial charge in [-0.05, 0) is 30.5 Å². The van der Waals surface area contributed by atoms with E-state index in [0.29, 0.717) is 44.6 Å². The maximum Gasteiger partial charge on any atom is 0.161 e. The van der Waals surface area contributed by atoms with Crippen LogP contribution >= 0.6 is 0 Å². The van der Waals surface area contributed by atoms with Crippen LogP contribution in [-0.2, 0) is 10.4 Å². The van der Waals surface area contributed by atoms with E-state index in [2.05, 4.69) is 0 Å². The van der Waals surface area contributed by atoms with Crippen molar-refractivity contribution < 1.29 is 19.4 Å². The highest BCUT2D eigenvalue weighted by atomic mass is 16.5. The molecule has 0 radical (unpaired) electrons. The lowest BCUT2D eigenvalue weighted by atomic mass is 9.79. The number of aliphatic hydroxyl groups is 1. The Morgan fingerprint density at radius 3 is 2.47 bits per heavy atom. The number of carbonyl (C=O) groups is 1. The molecule has 0 atom stereocenters. The molecule has 1 saturated carbocycles. The van der Waals surface area contributed by atoms with Gasteiger partial charge >= 0.3 is 0 Å². The SMILES string of the molecule is O=C1CCC(O)(c2ccc3c(c2)OCCCO3)CC1. The zero-order valence-electron chi connectivity index (χ0n) is 10.9. The number of hydrogen-bond acceptors (Lipinski definition) is 4.